The molecule has 2 atom stereocenters. The molecule has 0 aliphatic rings. The molecule has 3 N–H and O–H groups in total. The van der Waals surface area contributed by atoms with Gasteiger partial charge in [0.2, 0.25) is 6.10 Å². The molecule has 136 valence electrons. The molecule has 0 saturated heterocycles. The average molecular weight is 363 g/mol. The van der Waals surface area contributed by atoms with Gasteiger partial charge in [-0.3, -0.25) is 4.79 Å². The molecule has 0 radical (unpaired) electrons. The van der Waals surface area contributed by atoms with Crippen molar-refractivity contribution in [1.82, 2.24) is 5.32 Å². The third-order valence-corrected chi connectivity index (χ3v) is 3.86. The SMILES string of the molecule is CC(C)c1cccc(OC(C(=O)N[C@@H](C)CN)c2ccccc2)c1.Cl. The largest absolute Gasteiger partial charge is 0.476 e. The molecule has 0 aliphatic heterocycles. The van der Waals surface area contributed by atoms with Crippen molar-refractivity contribution in [3.8, 4) is 5.75 Å². The van der Waals surface area contributed by atoms with E-state index in [9.17, 15) is 4.79 Å². The van der Waals surface area contributed by atoms with E-state index in [1.165, 1.54) is 5.56 Å². The van der Waals surface area contributed by atoms with Crippen LogP contribution in [-0.4, -0.2) is 18.5 Å². The third-order valence-electron chi connectivity index (χ3n) is 3.86. The summed E-state index contributed by atoms with van der Waals surface area (Å²) in [5, 5.41) is 2.90. The van der Waals surface area contributed by atoms with Gasteiger partial charge >= 0.3 is 0 Å². The number of hydrogen-bond donors (Lipinski definition) is 2. The number of ether oxygens (including phenoxy) is 1. The Labute approximate surface area is 156 Å². The molecule has 1 unspecified atom stereocenters. The summed E-state index contributed by atoms with van der Waals surface area (Å²) in [6.07, 6.45) is -0.706. The van der Waals surface area contributed by atoms with Crippen LogP contribution in [0.1, 0.15) is 43.9 Å². The van der Waals surface area contributed by atoms with E-state index in [2.05, 4.69) is 25.2 Å². The molecule has 1 amide bonds. The van der Waals surface area contributed by atoms with Crippen LogP contribution in [0.3, 0.4) is 0 Å². The minimum atomic E-state index is -0.706. The van der Waals surface area contributed by atoms with Gasteiger partial charge in [0.15, 0.2) is 0 Å². The summed E-state index contributed by atoms with van der Waals surface area (Å²) >= 11 is 0. The molecule has 0 aromatic heterocycles. The van der Waals surface area contributed by atoms with Crippen LogP contribution in [0.25, 0.3) is 0 Å². The van der Waals surface area contributed by atoms with Gasteiger partial charge < -0.3 is 15.8 Å². The number of halogens is 1. The highest BCUT2D eigenvalue weighted by Gasteiger charge is 2.23. The number of nitrogens with one attached hydrogen (secondary N) is 1. The second-order valence-electron chi connectivity index (χ2n) is 6.28. The van der Waals surface area contributed by atoms with Gasteiger partial charge in [0.05, 0.1) is 0 Å². The highest BCUT2D eigenvalue weighted by Crippen LogP contribution is 2.25. The van der Waals surface area contributed by atoms with Gasteiger partial charge in [0, 0.05) is 18.2 Å². The first-order valence-corrected chi connectivity index (χ1v) is 8.33. The summed E-state index contributed by atoms with van der Waals surface area (Å²) in [7, 11) is 0. The van der Waals surface area contributed by atoms with E-state index in [-0.39, 0.29) is 24.4 Å². The van der Waals surface area contributed by atoms with Crippen LogP contribution in [0.2, 0.25) is 0 Å². The van der Waals surface area contributed by atoms with E-state index in [0.29, 0.717) is 18.2 Å². The fraction of sp³-hybridized carbons (Fsp3) is 0.350. The van der Waals surface area contributed by atoms with E-state index < -0.39 is 6.10 Å². The molecule has 0 heterocycles. The van der Waals surface area contributed by atoms with Crippen molar-refractivity contribution in [2.45, 2.75) is 38.8 Å². The summed E-state index contributed by atoms with van der Waals surface area (Å²) in [6, 6.07) is 17.3. The lowest BCUT2D eigenvalue weighted by molar-refractivity contribution is -0.128. The zero-order valence-corrected chi connectivity index (χ0v) is 15.8. The van der Waals surface area contributed by atoms with Gasteiger partial charge in [-0.25, -0.2) is 0 Å². The van der Waals surface area contributed by atoms with Crippen molar-refractivity contribution in [2.24, 2.45) is 5.73 Å². The summed E-state index contributed by atoms with van der Waals surface area (Å²) in [6.45, 7) is 6.52. The highest BCUT2D eigenvalue weighted by atomic mass is 35.5. The van der Waals surface area contributed by atoms with E-state index >= 15 is 0 Å². The Balaban J connectivity index is 0.00000312. The Morgan fingerprint density at radius 2 is 1.68 bits per heavy atom. The maximum absolute atomic E-state index is 12.6. The van der Waals surface area contributed by atoms with Gasteiger partial charge in [0.1, 0.15) is 5.75 Å². The van der Waals surface area contributed by atoms with Gasteiger partial charge in [-0.15, -0.1) is 12.4 Å². The van der Waals surface area contributed by atoms with Crippen molar-refractivity contribution in [1.29, 1.82) is 0 Å². The summed E-state index contributed by atoms with van der Waals surface area (Å²) < 4.78 is 6.05. The number of rotatable bonds is 7. The van der Waals surface area contributed by atoms with Crippen LogP contribution in [0.4, 0.5) is 0 Å². The van der Waals surface area contributed by atoms with E-state index in [1.54, 1.807) is 0 Å². The number of amides is 1. The van der Waals surface area contributed by atoms with E-state index in [4.69, 9.17) is 10.5 Å². The minimum absolute atomic E-state index is 0. The second kappa shape index (κ2) is 10.1. The van der Waals surface area contributed by atoms with Crippen molar-refractivity contribution in [3.05, 3.63) is 65.7 Å². The van der Waals surface area contributed by atoms with Crippen LogP contribution in [0, 0.1) is 0 Å². The molecule has 0 bridgehead atoms. The van der Waals surface area contributed by atoms with Crippen LogP contribution in [0.5, 0.6) is 5.75 Å². The third kappa shape index (κ3) is 6.07. The van der Waals surface area contributed by atoms with Gasteiger partial charge in [-0.2, -0.15) is 0 Å². The molecule has 25 heavy (non-hydrogen) atoms. The van der Waals surface area contributed by atoms with Crippen LogP contribution in [-0.2, 0) is 4.79 Å². The number of carbonyl (C=O) groups is 1. The van der Waals surface area contributed by atoms with Crippen LogP contribution >= 0.6 is 12.4 Å². The molecule has 2 aromatic rings. The molecule has 0 aliphatic carbocycles. The Kier molecular flexibility index (Phi) is 8.46. The zero-order chi connectivity index (χ0) is 17.5. The first-order chi connectivity index (χ1) is 11.5. The van der Waals surface area contributed by atoms with E-state index in [1.807, 2.05) is 55.5 Å². The normalized spacial score (nSPS) is 12.8. The molecule has 5 heteroatoms. The molecule has 0 spiro atoms. The average Bonchev–Trinajstić information content (AvgIpc) is 2.60. The topological polar surface area (TPSA) is 64.3 Å². The van der Waals surface area contributed by atoms with Crippen LogP contribution in [0.15, 0.2) is 54.6 Å². The lowest BCUT2D eigenvalue weighted by Crippen LogP contribution is -2.41. The fourth-order valence-corrected chi connectivity index (χ4v) is 2.36. The fourth-order valence-electron chi connectivity index (χ4n) is 2.36. The van der Waals surface area contributed by atoms with Gasteiger partial charge in [0.25, 0.3) is 5.91 Å². The van der Waals surface area contributed by atoms with Gasteiger partial charge in [-0.1, -0.05) is 56.3 Å². The lowest BCUT2D eigenvalue weighted by Gasteiger charge is -2.22. The van der Waals surface area contributed by atoms with Gasteiger partial charge in [-0.05, 0) is 30.5 Å². The predicted octanol–water partition coefficient (Wildman–Crippen LogP) is 3.82. The first-order valence-electron chi connectivity index (χ1n) is 8.33. The molecule has 2 aromatic carbocycles. The summed E-state index contributed by atoms with van der Waals surface area (Å²) in [4.78, 5) is 12.6. The zero-order valence-electron chi connectivity index (χ0n) is 14.9. The standard InChI is InChI=1S/C20H26N2O2.ClH/c1-14(2)17-10-7-11-18(12-17)24-19(16-8-5-4-6-9-16)20(23)22-15(3)13-21;/h4-12,14-15,19H,13,21H2,1-3H3,(H,22,23);1H/t15-,19?;/m0./s1. The molecular formula is C20H27ClN2O2. The Morgan fingerprint density at radius 1 is 1.04 bits per heavy atom. The first kappa shape index (κ1) is 21.0. The van der Waals surface area contributed by atoms with Crippen LogP contribution < -0.4 is 15.8 Å². The Bertz CT molecular complexity index is 662. The predicted molar refractivity (Wildman–Crippen MR) is 104 cm³/mol. The quantitative estimate of drug-likeness (QED) is 0.787. The Morgan fingerprint density at radius 3 is 2.28 bits per heavy atom. The maximum Gasteiger partial charge on any atom is 0.266 e. The molecule has 4 nitrogen and oxygen atoms in total. The Hall–Kier alpha value is -2.04. The number of hydrogen-bond acceptors (Lipinski definition) is 3. The van der Waals surface area contributed by atoms with Crippen molar-refractivity contribution in [3.63, 3.8) is 0 Å². The minimum Gasteiger partial charge on any atom is -0.476 e. The van der Waals surface area contributed by atoms with E-state index in [0.717, 1.165) is 5.56 Å². The smallest absolute Gasteiger partial charge is 0.266 e. The van der Waals surface area contributed by atoms with Crippen molar-refractivity contribution < 1.29 is 9.53 Å². The summed E-state index contributed by atoms with van der Waals surface area (Å²) in [5.41, 5.74) is 7.60. The molecular weight excluding hydrogens is 336 g/mol. The molecule has 0 saturated carbocycles. The van der Waals surface area contributed by atoms with Crippen molar-refractivity contribution in [2.75, 3.05) is 6.54 Å². The maximum atomic E-state index is 12.6. The number of benzene rings is 2. The molecule has 0 fully saturated rings. The highest BCUT2D eigenvalue weighted by molar-refractivity contribution is 5.85. The second-order valence-corrected chi connectivity index (χ2v) is 6.28. The summed E-state index contributed by atoms with van der Waals surface area (Å²) in [5.74, 6) is 0.898. The number of nitrogens with two attached hydrogens (primary N) is 1. The molecule has 2 rings (SSSR count). The lowest BCUT2D eigenvalue weighted by atomic mass is 10.0. The monoisotopic (exact) mass is 362 g/mol. The number of carbonyl (C=O) groups excluding carboxylic acids is 1. The van der Waals surface area contributed by atoms with Crippen molar-refractivity contribution >= 4 is 18.3 Å².